The Bertz CT molecular complexity index is 186. The summed E-state index contributed by atoms with van der Waals surface area (Å²) in [6.45, 7) is 8.13. The molecule has 1 heteroatoms. The highest BCUT2D eigenvalue weighted by molar-refractivity contribution is 4.93. The molecular formula is C13H24O. The third-order valence-electron chi connectivity index (χ3n) is 3.50. The van der Waals surface area contributed by atoms with Crippen molar-refractivity contribution in [2.45, 2.75) is 58.5 Å². The van der Waals surface area contributed by atoms with Gasteiger partial charge in [-0.1, -0.05) is 31.8 Å². The minimum absolute atomic E-state index is 0.137. The lowest BCUT2D eigenvalue weighted by molar-refractivity contribution is 0.0686. The van der Waals surface area contributed by atoms with E-state index in [4.69, 9.17) is 0 Å². The SMILES string of the molecule is C=C(C)CC(O)C1CCCC(CC)C1. The molecule has 1 N–H and O–H groups in total. The Hall–Kier alpha value is -0.300. The number of hydrogen-bond donors (Lipinski definition) is 1. The summed E-state index contributed by atoms with van der Waals surface area (Å²) in [5.74, 6) is 1.39. The van der Waals surface area contributed by atoms with Gasteiger partial charge in [0.15, 0.2) is 0 Å². The molecule has 1 saturated carbocycles. The van der Waals surface area contributed by atoms with Crippen LogP contribution in [0.15, 0.2) is 12.2 Å². The standard InChI is InChI=1S/C13H24O/c1-4-11-6-5-7-12(9-11)13(14)8-10(2)3/h11-14H,2,4-9H2,1,3H3. The highest BCUT2D eigenvalue weighted by atomic mass is 16.3. The monoisotopic (exact) mass is 196 g/mol. The first kappa shape index (κ1) is 11.8. The van der Waals surface area contributed by atoms with Gasteiger partial charge in [-0.25, -0.2) is 0 Å². The zero-order valence-corrected chi connectivity index (χ0v) is 9.63. The molecule has 0 saturated heterocycles. The lowest BCUT2D eigenvalue weighted by Crippen LogP contribution is -2.26. The molecule has 0 amide bonds. The maximum Gasteiger partial charge on any atom is 0.0605 e. The smallest absolute Gasteiger partial charge is 0.0605 e. The van der Waals surface area contributed by atoms with Crippen molar-refractivity contribution < 1.29 is 5.11 Å². The first-order valence-corrected chi connectivity index (χ1v) is 5.96. The molecule has 0 bridgehead atoms. The highest BCUT2D eigenvalue weighted by Crippen LogP contribution is 2.34. The van der Waals surface area contributed by atoms with Crippen molar-refractivity contribution in [2.75, 3.05) is 0 Å². The molecule has 82 valence electrons. The predicted octanol–water partition coefficient (Wildman–Crippen LogP) is 3.53. The van der Waals surface area contributed by atoms with E-state index in [1.54, 1.807) is 0 Å². The third kappa shape index (κ3) is 3.45. The lowest BCUT2D eigenvalue weighted by atomic mass is 9.76. The van der Waals surface area contributed by atoms with Crippen LogP contribution in [0.3, 0.4) is 0 Å². The molecule has 0 aromatic rings. The van der Waals surface area contributed by atoms with Crippen molar-refractivity contribution in [2.24, 2.45) is 11.8 Å². The lowest BCUT2D eigenvalue weighted by Gasteiger charge is -2.31. The summed E-state index contributed by atoms with van der Waals surface area (Å²) < 4.78 is 0. The van der Waals surface area contributed by atoms with E-state index in [0.29, 0.717) is 5.92 Å². The number of aliphatic hydroxyl groups is 1. The van der Waals surface area contributed by atoms with Gasteiger partial charge in [-0.05, 0) is 38.0 Å². The average molecular weight is 196 g/mol. The molecule has 3 atom stereocenters. The van der Waals surface area contributed by atoms with Crippen LogP contribution in [0, 0.1) is 11.8 Å². The molecule has 0 aromatic carbocycles. The van der Waals surface area contributed by atoms with Crippen molar-refractivity contribution in [3.63, 3.8) is 0 Å². The third-order valence-corrected chi connectivity index (χ3v) is 3.50. The van der Waals surface area contributed by atoms with E-state index < -0.39 is 0 Å². The van der Waals surface area contributed by atoms with Crippen LogP contribution < -0.4 is 0 Å². The van der Waals surface area contributed by atoms with Gasteiger partial charge in [0.25, 0.3) is 0 Å². The highest BCUT2D eigenvalue weighted by Gasteiger charge is 2.26. The van der Waals surface area contributed by atoms with Crippen LogP contribution in [0.5, 0.6) is 0 Å². The second kappa shape index (κ2) is 5.55. The van der Waals surface area contributed by atoms with Crippen LogP contribution in [-0.4, -0.2) is 11.2 Å². The fourth-order valence-corrected chi connectivity index (χ4v) is 2.58. The van der Waals surface area contributed by atoms with E-state index in [1.165, 1.54) is 32.1 Å². The van der Waals surface area contributed by atoms with Crippen molar-refractivity contribution in [3.05, 3.63) is 12.2 Å². The molecule has 1 aliphatic carbocycles. The Balaban J connectivity index is 2.38. The van der Waals surface area contributed by atoms with Crippen LogP contribution in [0.1, 0.15) is 52.4 Å². The first-order chi connectivity index (χ1) is 6.63. The van der Waals surface area contributed by atoms with Gasteiger partial charge in [0, 0.05) is 0 Å². The maximum absolute atomic E-state index is 10.00. The van der Waals surface area contributed by atoms with Gasteiger partial charge in [-0.15, -0.1) is 6.58 Å². The maximum atomic E-state index is 10.00. The first-order valence-electron chi connectivity index (χ1n) is 5.96. The zero-order chi connectivity index (χ0) is 10.6. The van der Waals surface area contributed by atoms with Gasteiger partial charge < -0.3 is 5.11 Å². The second-order valence-electron chi connectivity index (χ2n) is 4.93. The van der Waals surface area contributed by atoms with Crippen LogP contribution in [-0.2, 0) is 0 Å². The summed E-state index contributed by atoms with van der Waals surface area (Å²) in [5, 5.41) is 10.00. The molecule has 1 nitrogen and oxygen atoms in total. The molecule has 1 fully saturated rings. The van der Waals surface area contributed by atoms with Crippen molar-refractivity contribution in [3.8, 4) is 0 Å². The van der Waals surface area contributed by atoms with Crippen LogP contribution >= 0.6 is 0 Å². The Morgan fingerprint density at radius 2 is 2.21 bits per heavy atom. The molecule has 0 heterocycles. The van der Waals surface area contributed by atoms with E-state index in [-0.39, 0.29) is 6.10 Å². The van der Waals surface area contributed by atoms with E-state index in [2.05, 4.69) is 13.5 Å². The summed E-state index contributed by atoms with van der Waals surface area (Å²) in [5.41, 5.74) is 1.11. The number of rotatable bonds is 4. The summed E-state index contributed by atoms with van der Waals surface area (Å²) in [7, 11) is 0. The molecule has 0 spiro atoms. The molecule has 0 radical (unpaired) electrons. The van der Waals surface area contributed by atoms with Crippen LogP contribution in [0.2, 0.25) is 0 Å². The normalized spacial score (nSPS) is 29.9. The van der Waals surface area contributed by atoms with Gasteiger partial charge in [0.2, 0.25) is 0 Å². The topological polar surface area (TPSA) is 20.2 Å². The Kier molecular flexibility index (Phi) is 4.67. The Labute approximate surface area is 88.2 Å². The van der Waals surface area contributed by atoms with E-state index in [9.17, 15) is 5.11 Å². The molecular weight excluding hydrogens is 172 g/mol. The van der Waals surface area contributed by atoms with Crippen molar-refractivity contribution in [1.29, 1.82) is 0 Å². The molecule has 14 heavy (non-hydrogen) atoms. The largest absolute Gasteiger partial charge is 0.393 e. The minimum Gasteiger partial charge on any atom is -0.393 e. The van der Waals surface area contributed by atoms with Gasteiger partial charge in [0.1, 0.15) is 0 Å². The quantitative estimate of drug-likeness (QED) is 0.682. The van der Waals surface area contributed by atoms with Gasteiger partial charge in [-0.2, -0.15) is 0 Å². The minimum atomic E-state index is -0.137. The molecule has 1 rings (SSSR count). The summed E-state index contributed by atoms with van der Waals surface area (Å²) >= 11 is 0. The molecule has 3 unspecified atom stereocenters. The van der Waals surface area contributed by atoms with E-state index in [0.717, 1.165) is 17.9 Å². The van der Waals surface area contributed by atoms with Gasteiger partial charge in [-0.3, -0.25) is 0 Å². The number of hydrogen-bond acceptors (Lipinski definition) is 1. The number of aliphatic hydroxyl groups excluding tert-OH is 1. The Morgan fingerprint density at radius 1 is 1.50 bits per heavy atom. The van der Waals surface area contributed by atoms with Crippen LogP contribution in [0.4, 0.5) is 0 Å². The second-order valence-corrected chi connectivity index (χ2v) is 4.93. The van der Waals surface area contributed by atoms with E-state index >= 15 is 0 Å². The summed E-state index contributed by atoms with van der Waals surface area (Å²) in [6.07, 6.45) is 7.04. The van der Waals surface area contributed by atoms with Crippen molar-refractivity contribution >= 4 is 0 Å². The fraction of sp³-hybridized carbons (Fsp3) is 0.846. The molecule has 1 aliphatic rings. The summed E-state index contributed by atoms with van der Waals surface area (Å²) in [4.78, 5) is 0. The fourth-order valence-electron chi connectivity index (χ4n) is 2.58. The average Bonchev–Trinajstić information content (AvgIpc) is 2.17. The van der Waals surface area contributed by atoms with E-state index in [1.807, 2.05) is 6.92 Å². The Morgan fingerprint density at radius 3 is 2.79 bits per heavy atom. The predicted molar refractivity (Wildman–Crippen MR) is 61.2 cm³/mol. The van der Waals surface area contributed by atoms with Crippen molar-refractivity contribution in [1.82, 2.24) is 0 Å². The summed E-state index contributed by atoms with van der Waals surface area (Å²) in [6, 6.07) is 0. The van der Waals surface area contributed by atoms with Gasteiger partial charge >= 0.3 is 0 Å². The van der Waals surface area contributed by atoms with Gasteiger partial charge in [0.05, 0.1) is 6.10 Å². The van der Waals surface area contributed by atoms with Crippen LogP contribution in [0.25, 0.3) is 0 Å². The molecule has 0 aliphatic heterocycles. The molecule has 0 aromatic heterocycles. The zero-order valence-electron chi connectivity index (χ0n) is 9.63.